The van der Waals surface area contributed by atoms with Gasteiger partial charge in [-0.3, -0.25) is 15.1 Å². The van der Waals surface area contributed by atoms with Gasteiger partial charge in [-0.15, -0.1) is 0 Å². The molecule has 3 aromatic heterocycles. The van der Waals surface area contributed by atoms with E-state index in [1.165, 1.54) is 16.4 Å². The molecule has 0 amide bonds. The lowest BCUT2D eigenvalue weighted by Crippen LogP contribution is -2.35. The second-order valence-corrected chi connectivity index (χ2v) is 12.5. The van der Waals surface area contributed by atoms with Crippen LogP contribution in [0.2, 0.25) is 5.02 Å². The van der Waals surface area contributed by atoms with Gasteiger partial charge in [0.15, 0.2) is 0 Å². The third-order valence-electron chi connectivity index (χ3n) is 7.29. The molecule has 0 saturated carbocycles. The number of aromatic nitrogens is 4. The van der Waals surface area contributed by atoms with Crippen LogP contribution in [-0.4, -0.2) is 63.9 Å². The summed E-state index contributed by atoms with van der Waals surface area (Å²) in [6.07, 6.45) is 4.31. The maximum Gasteiger partial charge on any atom is 0.289 e. The molecule has 0 N–H and O–H groups in total. The van der Waals surface area contributed by atoms with Crippen LogP contribution in [0.5, 0.6) is 0 Å². The van der Waals surface area contributed by atoms with Crippen molar-refractivity contribution in [3.63, 3.8) is 0 Å². The van der Waals surface area contributed by atoms with Crippen LogP contribution in [0.1, 0.15) is 23.4 Å². The molecule has 12 nitrogen and oxygen atoms in total. The highest BCUT2D eigenvalue weighted by Gasteiger charge is 2.31. The van der Waals surface area contributed by atoms with Gasteiger partial charge in [-0.25, -0.2) is 13.4 Å². The fraction of sp³-hybridized carbons (Fsp3) is 0.241. The monoisotopic (exact) mass is 619 g/mol. The van der Waals surface area contributed by atoms with Crippen molar-refractivity contribution in [2.75, 3.05) is 31.1 Å². The number of halogens is 1. The van der Waals surface area contributed by atoms with Gasteiger partial charge in [-0.05, 0) is 43.2 Å². The zero-order valence-corrected chi connectivity index (χ0v) is 24.6. The summed E-state index contributed by atoms with van der Waals surface area (Å²) in [6, 6.07) is 15.3. The molecular formula is C29H26ClN7O5S. The maximum atomic E-state index is 13.5. The molecule has 1 fully saturated rings. The molecule has 0 radical (unpaired) electrons. The first-order chi connectivity index (χ1) is 20.7. The maximum absolute atomic E-state index is 13.5. The van der Waals surface area contributed by atoms with Crippen molar-refractivity contribution in [1.29, 1.82) is 0 Å². The van der Waals surface area contributed by atoms with Crippen molar-refractivity contribution < 1.29 is 17.9 Å². The minimum atomic E-state index is -4.03. The van der Waals surface area contributed by atoms with Crippen molar-refractivity contribution in [1.82, 2.24) is 24.4 Å². The molecule has 43 heavy (non-hydrogen) atoms. The van der Waals surface area contributed by atoms with Crippen LogP contribution in [0, 0.1) is 17.0 Å². The Morgan fingerprint density at radius 3 is 2.60 bits per heavy atom. The zero-order chi connectivity index (χ0) is 30.1. The SMILES string of the molecule is Cc1ccc(Cc2nc(N3CCCN(S(=O)(=O)c4ccc(Cl)c([N+](=O)[O-])c4)CC3)c3c(-c4cccnc4)noc3n2)cc1. The summed E-state index contributed by atoms with van der Waals surface area (Å²) >= 11 is 5.92. The van der Waals surface area contributed by atoms with Crippen molar-refractivity contribution in [3.05, 3.63) is 99.1 Å². The number of rotatable bonds is 7. The highest BCUT2D eigenvalue weighted by molar-refractivity contribution is 7.89. The van der Waals surface area contributed by atoms with E-state index in [0.29, 0.717) is 54.4 Å². The van der Waals surface area contributed by atoms with E-state index in [1.807, 2.05) is 42.2 Å². The number of aryl methyl sites for hydroxylation is 1. The molecule has 1 aliphatic heterocycles. The minimum Gasteiger partial charge on any atom is -0.354 e. The average molecular weight is 620 g/mol. The molecule has 0 atom stereocenters. The van der Waals surface area contributed by atoms with Gasteiger partial charge in [0.2, 0.25) is 10.0 Å². The Morgan fingerprint density at radius 2 is 1.86 bits per heavy atom. The summed E-state index contributed by atoms with van der Waals surface area (Å²) in [5.74, 6) is 1.14. The molecule has 0 spiro atoms. The van der Waals surface area contributed by atoms with E-state index in [0.717, 1.165) is 22.8 Å². The standard InChI is InChI=1S/C29H26ClN7O5S/c1-19-5-7-20(8-6-19)16-25-32-28(26-27(34-42-29(26)33-25)21-4-2-11-31-18-21)35-12-3-13-36(15-14-35)43(40,41)22-9-10-23(30)24(17-22)37(38)39/h2,4-11,17-18H,3,12-16H2,1H3. The van der Waals surface area contributed by atoms with E-state index in [4.69, 9.17) is 21.1 Å². The van der Waals surface area contributed by atoms with E-state index in [2.05, 4.69) is 15.1 Å². The molecule has 0 aliphatic carbocycles. The summed E-state index contributed by atoms with van der Waals surface area (Å²) in [7, 11) is -4.03. The van der Waals surface area contributed by atoms with E-state index in [9.17, 15) is 18.5 Å². The fourth-order valence-electron chi connectivity index (χ4n) is 5.06. The summed E-state index contributed by atoms with van der Waals surface area (Å²) in [5, 5.41) is 16.2. The first-order valence-corrected chi connectivity index (χ1v) is 15.3. The lowest BCUT2D eigenvalue weighted by atomic mass is 10.1. The van der Waals surface area contributed by atoms with Crippen LogP contribution in [0.4, 0.5) is 11.5 Å². The number of nitro groups is 1. The van der Waals surface area contributed by atoms with Crippen molar-refractivity contribution >= 4 is 44.2 Å². The number of pyridine rings is 1. The topological polar surface area (TPSA) is 148 Å². The summed E-state index contributed by atoms with van der Waals surface area (Å²) in [5.41, 5.74) is 3.33. The van der Waals surface area contributed by atoms with Crippen LogP contribution in [-0.2, 0) is 16.4 Å². The van der Waals surface area contributed by atoms with E-state index < -0.39 is 20.6 Å². The van der Waals surface area contributed by atoms with Gasteiger partial charge in [-0.1, -0.05) is 46.6 Å². The molecule has 1 saturated heterocycles. The lowest BCUT2D eigenvalue weighted by Gasteiger charge is -2.23. The third-order valence-corrected chi connectivity index (χ3v) is 9.50. The second-order valence-electron chi connectivity index (χ2n) is 10.2. The second kappa shape index (κ2) is 11.7. The first kappa shape index (κ1) is 28.6. The van der Waals surface area contributed by atoms with Crippen molar-refractivity contribution in [2.24, 2.45) is 0 Å². The predicted octanol–water partition coefficient (Wildman–Crippen LogP) is 5.04. The van der Waals surface area contributed by atoms with Crippen LogP contribution >= 0.6 is 11.6 Å². The molecule has 14 heteroatoms. The normalized spacial score (nSPS) is 14.6. The highest BCUT2D eigenvalue weighted by Crippen LogP contribution is 2.35. The number of hydrogen-bond donors (Lipinski definition) is 0. The van der Waals surface area contributed by atoms with Crippen molar-refractivity contribution in [2.45, 2.75) is 24.7 Å². The Hall–Kier alpha value is -4.46. The Kier molecular flexibility index (Phi) is 7.77. The van der Waals surface area contributed by atoms with Crippen LogP contribution in [0.3, 0.4) is 0 Å². The molecule has 4 heterocycles. The number of fused-ring (bicyclic) bond motifs is 1. The van der Waals surface area contributed by atoms with Gasteiger partial charge in [0, 0.05) is 56.6 Å². The van der Waals surface area contributed by atoms with E-state index in [-0.39, 0.29) is 23.0 Å². The van der Waals surface area contributed by atoms with Gasteiger partial charge in [0.05, 0.1) is 9.82 Å². The van der Waals surface area contributed by atoms with Gasteiger partial charge >= 0.3 is 0 Å². The molecule has 1 aliphatic rings. The molecule has 6 rings (SSSR count). The quantitative estimate of drug-likeness (QED) is 0.179. The fourth-order valence-corrected chi connectivity index (χ4v) is 6.74. The van der Waals surface area contributed by atoms with Crippen LogP contribution in [0.15, 0.2) is 76.4 Å². The summed E-state index contributed by atoms with van der Waals surface area (Å²) < 4.78 is 34.1. The smallest absolute Gasteiger partial charge is 0.289 e. The number of sulfonamides is 1. The number of hydrogen-bond acceptors (Lipinski definition) is 10. The molecule has 5 aromatic rings. The number of nitrogens with zero attached hydrogens (tertiary/aromatic N) is 7. The molecule has 220 valence electrons. The van der Waals surface area contributed by atoms with Crippen molar-refractivity contribution in [3.8, 4) is 11.3 Å². The van der Waals surface area contributed by atoms with Crippen LogP contribution in [0.25, 0.3) is 22.4 Å². The number of nitro benzene ring substituents is 1. The largest absolute Gasteiger partial charge is 0.354 e. The molecular weight excluding hydrogens is 594 g/mol. The Labute approximate surface area is 252 Å². The average Bonchev–Trinajstić information content (AvgIpc) is 3.26. The van der Waals surface area contributed by atoms with Gasteiger partial charge in [0.25, 0.3) is 11.4 Å². The number of benzene rings is 2. The summed E-state index contributed by atoms with van der Waals surface area (Å²) in [6.45, 7) is 3.18. The predicted molar refractivity (Wildman–Crippen MR) is 161 cm³/mol. The lowest BCUT2D eigenvalue weighted by molar-refractivity contribution is -0.384. The highest BCUT2D eigenvalue weighted by atomic mass is 35.5. The third kappa shape index (κ3) is 5.78. The Bertz CT molecular complexity index is 1920. The van der Waals surface area contributed by atoms with E-state index in [1.54, 1.807) is 18.5 Å². The van der Waals surface area contributed by atoms with E-state index >= 15 is 0 Å². The van der Waals surface area contributed by atoms with Crippen LogP contribution < -0.4 is 4.90 Å². The zero-order valence-electron chi connectivity index (χ0n) is 23.1. The van der Waals surface area contributed by atoms with Gasteiger partial charge in [0.1, 0.15) is 27.7 Å². The Balaban J connectivity index is 1.36. The Morgan fingerprint density at radius 1 is 1.05 bits per heavy atom. The van der Waals surface area contributed by atoms with Gasteiger partial charge in [-0.2, -0.15) is 9.29 Å². The van der Waals surface area contributed by atoms with Gasteiger partial charge < -0.3 is 9.42 Å². The summed E-state index contributed by atoms with van der Waals surface area (Å²) in [4.78, 5) is 26.4. The molecule has 2 aromatic carbocycles. The minimum absolute atomic E-state index is 0.127. The molecule has 0 unspecified atom stereocenters. The molecule has 0 bridgehead atoms. The first-order valence-electron chi connectivity index (χ1n) is 13.5. The number of anilines is 1.